The number of sulfonamides is 1. The highest BCUT2D eigenvalue weighted by atomic mass is 32.2. The number of ether oxygens (including phenoxy) is 1. The van der Waals surface area contributed by atoms with E-state index < -0.39 is 16.1 Å². The van der Waals surface area contributed by atoms with Crippen molar-refractivity contribution in [1.82, 2.24) is 19.9 Å². The Kier molecular flexibility index (Phi) is 9.78. The number of carbonyl (C=O) groups is 1. The van der Waals surface area contributed by atoms with Crippen molar-refractivity contribution in [2.75, 3.05) is 11.3 Å². The molecule has 0 radical (unpaired) electrons. The zero-order valence-electron chi connectivity index (χ0n) is 29.0. The Balaban J connectivity index is 1.65. The normalized spacial score (nSPS) is 16.8. The minimum atomic E-state index is -4.17. The first-order chi connectivity index (χ1) is 22.5. The molecule has 1 aliphatic heterocycles. The van der Waals surface area contributed by atoms with Gasteiger partial charge in [-0.15, -0.1) is 0 Å². The van der Waals surface area contributed by atoms with E-state index in [1.807, 2.05) is 56.3 Å². The summed E-state index contributed by atoms with van der Waals surface area (Å²) in [6, 6.07) is 19.1. The number of aryl methyl sites for hydroxylation is 2. The molecule has 0 saturated carbocycles. The lowest BCUT2D eigenvalue weighted by Gasteiger charge is -2.35. The van der Waals surface area contributed by atoms with Crippen LogP contribution in [-0.2, 0) is 16.6 Å². The van der Waals surface area contributed by atoms with E-state index in [0.717, 1.165) is 22.4 Å². The van der Waals surface area contributed by atoms with E-state index in [4.69, 9.17) is 9.72 Å². The van der Waals surface area contributed by atoms with E-state index in [0.29, 0.717) is 17.8 Å². The summed E-state index contributed by atoms with van der Waals surface area (Å²) in [6.45, 7) is 17.0. The van der Waals surface area contributed by atoms with Gasteiger partial charge in [0.2, 0.25) is 11.8 Å². The van der Waals surface area contributed by atoms with Crippen molar-refractivity contribution in [1.29, 1.82) is 0 Å². The Bertz CT molecular complexity index is 1940. The van der Waals surface area contributed by atoms with Gasteiger partial charge in [-0.25, -0.2) is 18.1 Å². The molecule has 48 heavy (non-hydrogen) atoms. The van der Waals surface area contributed by atoms with Gasteiger partial charge in [0.25, 0.3) is 15.9 Å². The van der Waals surface area contributed by atoms with Crippen molar-refractivity contribution >= 4 is 28.0 Å². The number of rotatable bonds is 5. The third-order valence-electron chi connectivity index (χ3n) is 7.94. The van der Waals surface area contributed by atoms with Gasteiger partial charge >= 0.3 is 0 Å². The van der Waals surface area contributed by atoms with E-state index in [2.05, 4.69) is 62.3 Å². The Morgan fingerprint density at radius 3 is 2.29 bits per heavy atom. The van der Waals surface area contributed by atoms with Crippen molar-refractivity contribution in [3.05, 3.63) is 101 Å². The minimum absolute atomic E-state index is 0.0165. The topological polar surface area (TPSA) is 114 Å². The van der Waals surface area contributed by atoms with Crippen LogP contribution in [0.15, 0.2) is 77.7 Å². The fourth-order valence-electron chi connectivity index (χ4n) is 5.74. The van der Waals surface area contributed by atoms with E-state index in [-0.39, 0.29) is 52.2 Å². The molecular formula is C38H45N5O4S. The number of amides is 1. The van der Waals surface area contributed by atoms with Gasteiger partial charge in [-0.3, -0.25) is 9.78 Å². The first-order valence-electron chi connectivity index (χ1n) is 16.1. The highest BCUT2D eigenvalue weighted by Gasteiger charge is 2.32. The van der Waals surface area contributed by atoms with E-state index >= 15 is 0 Å². The number of nitrogens with zero attached hydrogens (tertiary/aromatic N) is 4. The number of aromatic nitrogens is 3. The summed E-state index contributed by atoms with van der Waals surface area (Å²) < 4.78 is 36.3. The van der Waals surface area contributed by atoms with E-state index in [1.165, 1.54) is 12.1 Å². The molecule has 0 saturated heterocycles. The van der Waals surface area contributed by atoms with Crippen LogP contribution < -0.4 is 9.46 Å². The molecule has 1 amide bonds. The number of fused-ring (bicyclic) bond motifs is 4. The van der Waals surface area contributed by atoms with Gasteiger partial charge in [0.05, 0.1) is 34.6 Å². The highest BCUT2D eigenvalue weighted by molar-refractivity contribution is 7.92. The molecule has 0 spiro atoms. The van der Waals surface area contributed by atoms with Gasteiger partial charge in [0.15, 0.2) is 0 Å². The highest BCUT2D eigenvalue weighted by Crippen LogP contribution is 2.32. The summed E-state index contributed by atoms with van der Waals surface area (Å²) >= 11 is 0. The molecule has 1 aliphatic rings. The number of hydrogen-bond donors (Lipinski definition) is 1. The molecular weight excluding hydrogens is 623 g/mol. The van der Waals surface area contributed by atoms with Crippen LogP contribution in [0.5, 0.6) is 5.88 Å². The zero-order chi connectivity index (χ0) is 34.9. The van der Waals surface area contributed by atoms with Crippen LogP contribution in [0.2, 0.25) is 0 Å². The average molecular weight is 668 g/mol. The lowest BCUT2D eigenvalue weighted by atomic mass is 9.87. The zero-order valence-corrected chi connectivity index (χ0v) is 29.9. The van der Waals surface area contributed by atoms with E-state index in [9.17, 15) is 13.2 Å². The van der Waals surface area contributed by atoms with Crippen molar-refractivity contribution in [3.8, 4) is 17.1 Å². The molecule has 0 fully saturated rings. The Hall–Kier alpha value is -4.57. The predicted octanol–water partition coefficient (Wildman–Crippen LogP) is 7.86. The summed E-state index contributed by atoms with van der Waals surface area (Å²) in [4.78, 5) is 30.1. The molecule has 10 heteroatoms. The van der Waals surface area contributed by atoms with Crippen LogP contribution in [0.1, 0.15) is 80.8 Å². The second kappa shape index (κ2) is 13.5. The number of allylic oxidation sites excluding steroid dienone is 1. The smallest absolute Gasteiger partial charge is 0.264 e. The summed E-state index contributed by atoms with van der Waals surface area (Å²) in [5, 5.41) is 0. The van der Waals surface area contributed by atoms with Crippen LogP contribution in [0.25, 0.3) is 17.3 Å². The van der Waals surface area contributed by atoms with Gasteiger partial charge in [-0.05, 0) is 78.6 Å². The molecule has 2 aromatic heterocycles. The number of benzene rings is 2. The fourth-order valence-corrected chi connectivity index (χ4v) is 6.72. The molecule has 4 aromatic rings. The Morgan fingerprint density at radius 2 is 1.60 bits per heavy atom. The standard InChI is InChI=1S/C38H45N5O4S/c1-25-12-9-13-26(2)34(25)32-21-33-41-36(40-32)42-48(45,46)31-17-10-14-27(20-31)35(44)43(30(24-47-33)22-38(6,7)8)23-29-16-11-15-28(39-29)18-19-37(3,4)5/h9-21,30H,22-24H2,1-8H3,(H,40,41,42)/b19-18+/t30-/m1/s1. The minimum Gasteiger partial charge on any atom is -0.475 e. The van der Waals surface area contributed by atoms with Crippen LogP contribution in [-0.4, -0.2) is 46.8 Å². The second-order valence-corrected chi connectivity index (χ2v) is 16.4. The second-order valence-electron chi connectivity index (χ2n) is 14.7. The lowest BCUT2D eigenvalue weighted by Crippen LogP contribution is -2.45. The van der Waals surface area contributed by atoms with Crippen molar-refractivity contribution in [3.63, 3.8) is 0 Å². The summed E-state index contributed by atoms with van der Waals surface area (Å²) in [5.41, 5.74) is 4.89. The van der Waals surface area contributed by atoms with Gasteiger partial charge in [0.1, 0.15) is 6.61 Å². The maximum Gasteiger partial charge on any atom is 0.264 e. The molecule has 0 aliphatic carbocycles. The van der Waals surface area contributed by atoms with Crippen LogP contribution in [0.4, 0.5) is 5.95 Å². The van der Waals surface area contributed by atoms with Crippen LogP contribution in [0, 0.1) is 24.7 Å². The Morgan fingerprint density at radius 1 is 0.917 bits per heavy atom. The largest absolute Gasteiger partial charge is 0.475 e. The van der Waals surface area contributed by atoms with Gasteiger partial charge in [-0.1, -0.05) is 78.0 Å². The Labute approximate surface area is 284 Å². The first-order valence-corrected chi connectivity index (χ1v) is 17.6. The molecule has 4 bridgehead atoms. The average Bonchev–Trinajstić information content (AvgIpc) is 2.99. The molecule has 2 aromatic carbocycles. The number of anilines is 1. The quantitative estimate of drug-likeness (QED) is 0.231. The van der Waals surface area contributed by atoms with Crippen molar-refractivity contribution in [2.24, 2.45) is 10.8 Å². The molecule has 1 N–H and O–H groups in total. The molecule has 5 rings (SSSR count). The molecule has 252 valence electrons. The van der Waals surface area contributed by atoms with Gasteiger partial charge in [-0.2, -0.15) is 4.98 Å². The van der Waals surface area contributed by atoms with Crippen molar-refractivity contribution < 1.29 is 17.9 Å². The summed E-state index contributed by atoms with van der Waals surface area (Å²) in [5.74, 6) is -0.240. The summed E-state index contributed by atoms with van der Waals surface area (Å²) in [7, 11) is -4.17. The maximum atomic E-state index is 14.5. The van der Waals surface area contributed by atoms with E-state index in [1.54, 1.807) is 23.1 Å². The van der Waals surface area contributed by atoms with Crippen molar-refractivity contribution in [2.45, 2.75) is 79.3 Å². The fraction of sp³-hybridized carbons (Fsp3) is 0.368. The summed E-state index contributed by atoms with van der Waals surface area (Å²) in [6.07, 6.45) is 4.69. The molecule has 3 heterocycles. The van der Waals surface area contributed by atoms with Gasteiger partial charge in [0, 0.05) is 17.2 Å². The molecule has 9 nitrogen and oxygen atoms in total. The number of pyridine rings is 1. The lowest BCUT2D eigenvalue weighted by molar-refractivity contribution is 0.0509. The number of nitrogens with one attached hydrogen (secondary N) is 1. The maximum absolute atomic E-state index is 14.5. The molecule has 0 unspecified atom stereocenters. The first kappa shape index (κ1) is 34.8. The number of hydrogen-bond acceptors (Lipinski definition) is 7. The third-order valence-corrected chi connectivity index (χ3v) is 9.27. The SMILES string of the molecule is Cc1cccc(C)c1-c1cc2nc(n1)NS(=O)(=O)c1cccc(c1)C(=O)N(Cc1cccc(/C=C/C(C)(C)C)n1)[C@H](CC(C)(C)C)CO2. The van der Waals surface area contributed by atoms with Gasteiger partial charge < -0.3 is 9.64 Å². The third kappa shape index (κ3) is 8.66. The monoisotopic (exact) mass is 667 g/mol. The number of carbonyl (C=O) groups excluding carboxylic acids is 1. The predicted molar refractivity (Wildman–Crippen MR) is 190 cm³/mol. The van der Waals surface area contributed by atoms with Crippen LogP contribution in [0.3, 0.4) is 0 Å². The molecule has 1 atom stereocenters. The van der Waals surface area contributed by atoms with Crippen LogP contribution >= 0.6 is 0 Å².